The maximum Gasteiger partial charge on any atom is 0.255 e. The zero-order valence-corrected chi connectivity index (χ0v) is 16.1. The maximum absolute atomic E-state index is 12.7. The van der Waals surface area contributed by atoms with Gasteiger partial charge in [0.2, 0.25) is 0 Å². The summed E-state index contributed by atoms with van der Waals surface area (Å²) in [5.41, 5.74) is 4.42. The normalized spacial score (nSPS) is 15.4. The monoisotopic (exact) mass is 354 g/mol. The highest BCUT2D eigenvalue weighted by atomic mass is 32.2. The van der Waals surface area contributed by atoms with Gasteiger partial charge in [-0.1, -0.05) is 25.1 Å². The van der Waals surface area contributed by atoms with Gasteiger partial charge in [-0.3, -0.25) is 9.78 Å². The molecule has 0 bridgehead atoms. The summed E-state index contributed by atoms with van der Waals surface area (Å²) in [4.78, 5) is 20.3. The van der Waals surface area contributed by atoms with Gasteiger partial charge in [-0.2, -0.15) is 0 Å². The molecule has 1 amide bonds. The maximum atomic E-state index is 12.7. The highest BCUT2D eigenvalue weighted by Gasteiger charge is 2.21. The summed E-state index contributed by atoms with van der Waals surface area (Å²) >= 11 is 1.82. The van der Waals surface area contributed by atoms with Crippen molar-refractivity contribution in [3.05, 3.63) is 58.9 Å². The predicted molar refractivity (Wildman–Crippen MR) is 104 cm³/mol. The molecular formula is C21H26N2OS. The predicted octanol–water partition coefficient (Wildman–Crippen LogP) is 4.86. The molecule has 2 aromatic rings. The van der Waals surface area contributed by atoms with Crippen molar-refractivity contribution in [2.24, 2.45) is 5.92 Å². The van der Waals surface area contributed by atoms with Gasteiger partial charge in [0.1, 0.15) is 0 Å². The van der Waals surface area contributed by atoms with Gasteiger partial charge in [0.15, 0.2) is 0 Å². The third-order valence-electron chi connectivity index (χ3n) is 4.90. The van der Waals surface area contributed by atoms with Crippen LogP contribution >= 0.6 is 11.8 Å². The number of carbonyl (C=O) groups is 1. The van der Waals surface area contributed by atoms with Crippen molar-refractivity contribution >= 4 is 17.7 Å². The Hall–Kier alpha value is -1.81. The average Bonchev–Trinajstić information content (AvgIpc) is 2.62. The van der Waals surface area contributed by atoms with E-state index < -0.39 is 0 Å². The lowest BCUT2D eigenvalue weighted by molar-refractivity contribution is 0.0696. The van der Waals surface area contributed by atoms with Gasteiger partial charge in [0.05, 0.1) is 5.56 Å². The minimum Gasteiger partial charge on any atom is -0.339 e. The number of aromatic nitrogens is 1. The van der Waals surface area contributed by atoms with Gasteiger partial charge in [-0.25, -0.2) is 0 Å². The van der Waals surface area contributed by atoms with Crippen LogP contribution in [0.2, 0.25) is 0 Å². The van der Waals surface area contributed by atoms with Crippen LogP contribution in [-0.2, 0) is 5.75 Å². The fourth-order valence-electron chi connectivity index (χ4n) is 3.26. The Morgan fingerprint density at radius 2 is 1.88 bits per heavy atom. The number of likely N-dealkylation sites (tertiary alicyclic amines) is 1. The number of nitrogens with zero attached hydrogens (tertiary/aromatic N) is 2. The molecule has 3 nitrogen and oxygen atoms in total. The molecule has 0 unspecified atom stereocenters. The molecule has 1 aromatic heterocycles. The quantitative estimate of drug-likeness (QED) is 0.735. The van der Waals surface area contributed by atoms with E-state index in [-0.39, 0.29) is 5.91 Å². The highest BCUT2D eigenvalue weighted by Crippen LogP contribution is 2.29. The van der Waals surface area contributed by atoms with Crippen molar-refractivity contribution in [1.82, 2.24) is 9.88 Å². The summed E-state index contributed by atoms with van der Waals surface area (Å²) in [6.45, 7) is 8.27. The summed E-state index contributed by atoms with van der Waals surface area (Å²) in [7, 11) is 0. The van der Waals surface area contributed by atoms with Gasteiger partial charge in [-0.05, 0) is 55.4 Å². The lowest BCUT2D eigenvalue weighted by atomic mass is 9.99. The first kappa shape index (κ1) is 18.0. The second-order valence-electron chi connectivity index (χ2n) is 7.07. The Labute approximate surface area is 154 Å². The Morgan fingerprint density at radius 1 is 1.20 bits per heavy atom. The first-order chi connectivity index (χ1) is 12.0. The summed E-state index contributed by atoms with van der Waals surface area (Å²) in [6.07, 6.45) is 5.77. The molecule has 0 radical (unpaired) electrons. The molecule has 1 fully saturated rings. The number of thioether (sulfide) groups is 1. The summed E-state index contributed by atoms with van der Waals surface area (Å²) < 4.78 is 0. The van der Waals surface area contributed by atoms with Crippen molar-refractivity contribution < 1.29 is 4.79 Å². The summed E-state index contributed by atoms with van der Waals surface area (Å²) in [5.74, 6) is 1.68. The fraction of sp³-hybridized carbons (Fsp3) is 0.429. The molecule has 1 aromatic carbocycles. The Kier molecular flexibility index (Phi) is 5.79. The molecule has 1 aliphatic heterocycles. The number of hydrogen-bond donors (Lipinski definition) is 0. The number of carbonyl (C=O) groups excluding carboxylic acids is 1. The molecule has 0 N–H and O–H groups in total. The first-order valence-corrected chi connectivity index (χ1v) is 9.95. The molecule has 25 heavy (non-hydrogen) atoms. The molecule has 4 heteroatoms. The second-order valence-corrected chi connectivity index (χ2v) is 8.05. The fourth-order valence-corrected chi connectivity index (χ4v) is 4.32. The summed E-state index contributed by atoms with van der Waals surface area (Å²) in [5, 5.41) is 0. The number of hydrogen-bond acceptors (Lipinski definition) is 3. The molecule has 0 spiro atoms. The standard InChI is InChI=1S/C21H26N2OS/c1-15-7-9-23(10-8-15)21(24)19-11-18(12-22-13-19)14-25-20-16(2)5-4-6-17(20)3/h4-6,11-13,15H,7-10,14H2,1-3H3. The van der Waals surface area contributed by atoms with Crippen LogP contribution in [-0.4, -0.2) is 28.9 Å². The number of rotatable bonds is 4. The highest BCUT2D eigenvalue weighted by molar-refractivity contribution is 7.98. The number of aryl methyl sites for hydroxylation is 2. The number of piperidine rings is 1. The van der Waals surface area contributed by atoms with Crippen molar-refractivity contribution in [1.29, 1.82) is 0 Å². The van der Waals surface area contributed by atoms with Crippen LogP contribution in [0.3, 0.4) is 0 Å². The van der Waals surface area contributed by atoms with Crippen molar-refractivity contribution in [3.8, 4) is 0 Å². The smallest absolute Gasteiger partial charge is 0.255 e. The molecule has 0 atom stereocenters. The van der Waals surface area contributed by atoms with E-state index in [9.17, 15) is 4.79 Å². The van der Waals surface area contributed by atoms with Crippen LogP contribution < -0.4 is 0 Å². The molecular weight excluding hydrogens is 328 g/mol. The van der Waals surface area contributed by atoms with Crippen molar-refractivity contribution in [3.63, 3.8) is 0 Å². The van der Waals surface area contributed by atoms with Gasteiger partial charge in [-0.15, -0.1) is 11.8 Å². The summed E-state index contributed by atoms with van der Waals surface area (Å²) in [6, 6.07) is 8.39. The number of pyridine rings is 1. The zero-order valence-electron chi connectivity index (χ0n) is 15.3. The molecule has 0 saturated carbocycles. The largest absolute Gasteiger partial charge is 0.339 e. The lowest BCUT2D eigenvalue weighted by Crippen LogP contribution is -2.37. The number of benzene rings is 1. The zero-order chi connectivity index (χ0) is 17.8. The molecule has 2 heterocycles. The molecule has 1 aliphatic rings. The van der Waals surface area contributed by atoms with E-state index >= 15 is 0 Å². The minimum absolute atomic E-state index is 0.123. The third kappa shape index (κ3) is 4.43. The SMILES string of the molecule is Cc1cccc(C)c1SCc1cncc(C(=O)N2CCC(C)CC2)c1. The first-order valence-electron chi connectivity index (χ1n) is 8.97. The van der Waals surface area contributed by atoms with Crippen LogP contribution in [0.15, 0.2) is 41.6 Å². The molecule has 3 rings (SSSR count). The third-order valence-corrected chi connectivity index (χ3v) is 6.31. The van der Waals surface area contributed by atoms with Crippen LogP contribution in [0.4, 0.5) is 0 Å². The Balaban J connectivity index is 1.68. The van der Waals surface area contributed by atoms with Crippen LogP contribution in [0.25, 0.3) is 0 Å². The van der Waals surface area contributed by atoms with Gasteiger partial charge < -0.3 is 4.90 Å². The molecule has 132 valence electrons. The minimum atomic E-state index is 0.123. The van der Waals surface area contributed by atoms with E-state index in [0.717, 1.165) is 43.2 Å². The van der Waals surface area contributed by atoms with Crippen LogP contribution in [0, 0.1) is 19.8 Å². The Bertz CT molecular complexity index is 731. The lowest BCUT2D eigenvalue weighted by Gasteiger charge is -2.30. The molecule has 1 saturated heterocycles. The van der Waals surface area contributed by atoms with Gasteiger partial charge in [0, 0.05) is 36.1 Å². The van der Waals surface area contributed by atoms with Gasteiger partial charge >= 0.3 is 0 Å². The van der Waals surface area contributed by atoms with E-state index in [2.05, 4.69) is 44.0 Å². The topological polar surface area (TPSA) is 33.2 Å². The average molecular weight is 355 g/mol. The van der Waals surface area contributed by atoms with Crippen LogP contribution in [0.1, 0.15) is 46.8 Å². The van der Waals surface area contributed by atoms with E-state index in [0.29, 0.717) is 5.56 Å². The van der Waals surface area contributed by atoms with E-state index in [1.54, 1.807) is 6.20 Å². The van der Waals surface area contributed by atoms with E-state index in [4.69, 9.17) is 0 Å². The van der Waals surface area contributed by atoms with Crippen LogP contribution in [0.5, 0.6) is 0 Å². The van der Waals surface area contributed by atoms with E-state index in [1.807, 2.05) is 28.9 Å². The van der Waals surface area contributed by atoms with E-state index in [1.165, 1.54) is 16.0 Å². The van der Waals surface area contributed by atoms with Crippen molar-refractivity contribution in [2.45, 2.75) is 44.3 Å². The number of amides is 1. The second kappa shape index (κ2) is 8.05. The van der Waals surface area contributed by atoms with Crippen molar-refractivity contribution in [2.75, 3.05) is 13.1 Å². The molecule has 0 aliphatic carbocycles. The Morgan fingerprint density at radius 3 is 2.56 bits per heavy atom. The van der Waals surface area contributed by atoms with Gasteiger partial charge in [0.25, 0.3) is 5.91 Å².